The molecule has 1 N–H and O–H groups in total. The lowest BCUT2D eigenvalue weighted by atomic mass is 9.91. The molecule has 3 aromatic rings. The van der Waals surface area contributed by atoms with Gasteiger partial charge in [-0.05, 0) is 48.9 Å². The molecular weight excluding hydrogens is 430 g/mol. The van der Waals surface area contributed by atoms with Gasteiger partial charge in [-0.3, -0.25) is 9.59 Å². The molecule has 0 spiro atoms. The largest absolute Gasteiger partial charge is 0.351 e. The number of halogens is 1. The van der Waals surface area contributed by atoms with Gasteiger partial charge in [0.1, 0.15) is 11.2 Å². The number of amides is 2. The Morgan fingerprint density at radius 2 is 2.00 bits per heavy atom. The van der Waals surface area contributed by atoms with Gasteiger partial charge in [-0.15, -0.1) is 11.3 Å². The molecule has 0 radical (unpaired) electrons. The van der Waals surface area contributed by atoms with Crippen molar-refractivity contribution in [3.63, 3.8) is 0 Å². The number of thiophene rings is 1. The summed E-state index contributed by atoms with van der Waals surface area (Å²) in [6, 6.07) is 11.7. The minimum Gasteiger partial charge on any atom is -0.351 e. The summed E-state index contributed by atoms with van der Waals surface area (Å²) in [6.07, 6.45) is 5.51. The van der Waals surface area contributed by atoms with Crippen molar-refractivity contribution >= 4 is 45.0 Å². The highest BCUT2D eigenvalue weighted by atomic mass is 35.5. The number of nitrogens with zero attached hydrogens (tertiary/aromatic N) is 2. The second kappa shape index (κ2) is 7.99. The first-order chi connectivity index (χ1) is 15.0. The molecule has 1 aromatic carbocycles. The van der Waals surface area contributed by atoms with Crippen molar-refractivity contribution in [2.45, 2.75) is 63.7 Å². The molecule has 2 aliphatic rings. The molecule has 5 nitrogen and oxygen atoms in total. The van der Waals surface area contributed by atoms with Crippen molar-refractivity contribution in [1.29, 1.82) is 0 Å². The maximum absolute atomic E-state index is 13.7. The molecule has 2 aromatic heterocycles. The zero-order valence-corrected chi connectivity index (χ0v) is 19.1. The minimum absolute atomic E-state index is 0.0810. The average molecular weight is 456 g/mol. The monoisotopic (exact) mass is 455 g/mol. The molecular formula is C24H26ClN3O2S. The van der Waals surface area contributed by atoms with Crippen LogP contribution in [0.15, 0.2) is 41.8 Å². The third-order valence-corrected chi connectivity index (χ3v) is 7.99. The van der Waals surface area contributed by atoms with Crippen LogP contribution in [0.2, 0.25) is 5.02 Å². The van der Waals surface area contributed by atoms with Crippen molar-refractivity contribution in [1.82, 2.24) is 14.8 Å². The van der Waals surface area contributed by atoms with E-state index < -0.39 is 5.54 Å². The van der Waals surface area contributed by atoms with Gasteiger partial charge in [0.25, 0.3) is 5.91 Å². The van der Waals surface area contributed by atoms with Crippen LogP contribution in [0.1, 0.15) is 55.1 Å². The predicted octanol–water partition coefficient (Wildman–Crippen LogP) is 5.22. The molecule has 3 heterocycles. The van der Waals surface area contributed by atoms with E-state index in [0.29, 0.717) is 23.8 Å². The lowest BCUT2D eigenvalue weighted by Crippen LogP contribution is -2.64. The zero-order chi connectivity index (χ0) is 21.6. The number of carbonyl (C=O) groups excluding carboxylic acids is 2. The molecule has 0 unspecified atom stereocenters. The second-order valence-corrected chi connectivity index (χ2v) is 10.2. The minimum atomic E-state index is -1.01. The first-order valence-electron chi connectivity index (χ1n) is 10.9. The number of hydrogen-bond acceptors (Lipinski definition) is 3. The van der Waals surface area contributed by atoms with Gasteiger partial charge in [-0.1, -0.05) is 49.1 Å². The summed E-state index contributed by atoms with van der Waals surface area (Å²) in [4.78, 5) is 29.1. The maximum atomic E-state index is 13.7. The molecule has 0 saturated heterocycles. The second-order valence-electron chi connectivity index (χ2n) is 8.85. The fourth-order valence-electron chi connectivity index (χ4n) is 4.91. The Hall–Kier alpha value is -2.31. The van der Waals surface area contributed by atoms with Gasteiger partial charge in [0.2, 0.25) is 5.91 Å². The summed E-state index contributed by atoms with van der Waals surface area (Å²) in [6.45, 7) is 2.62. The van der Waals surface area contributed by atoms with Gasteiger partial charge in [-0.25, -0.2) is 0 Å². The van der Waals surface area contributed by atoms with Crippen LogP contribution < -0.4 is 5.32 Å². The molecule has 1 aliphatic carbocycles. The third kappa shape index (κ3) is 3.56. The van der Waals surface area contributed by atoms with Crippen molar-refractivity contribution in [3.05, 3.63) is 58.1 Å². The molecule has 1 atom stereocenters. The molecule has 2 amide bonds. The number of carbonyl (C=O) groups is 2. The highest BCUT2D eigenvalue weighted by molar-refractivity contribution is 7.17. The molecule has 162 valence electrons. The van der Waals surface area contributed by atoms with E-state index in [1.165, 1.54) is 6.42 Å². The quantitative estimate of drug-likeness (QED) is 0.586. The van der Waals surface area contributed by atoms with E-state index in [-0.39, 0.29) is 17.9 Å². The Labute approximate surface area is 191 Å². The summed E-state index contributed by atoms with van der Waals surface area (Å²) in [5.74, 6) is -0.210. The highest BCUT2D eigenvalue weighted by Gasteiger charge is 2.48. The summed E-state index contributed by atoms with van der Waals surface area (Å²) < 4.78 is 3.08. The predicted molar refractivity (Wildman–Crippen MR) is 125 cm³/mol. The number of fused-ring (bicyclic) bond motifs is 3. The van der Waals surface area contributed by atoms with E-state index in [0.717, 1.165) is 41.5 Å². The number of nitrogens with one attached hydrogen (secondary N) is 1. The molecule has 7 heteroatoms. The number of hydrogen-bond donors (Lipinski definition) is 1. The molecule has 5 rings (SSSR count). The van der Waals surface area contributed by atoms with Crippen LogP contribution in [0.25, 0.3) is 10.2 Å². The molecule has 1 aliphatic heterocycles. The summed E-state index contributed by atoms with van der Waals surface area (Å²) in [7, 11) is 0. The van der Waals surface area contributed by atoms with Crippen LogP contribution in [0.4, 0.5) is 0 Å². The normalized spacial score (nSPS) is 22.0. The van der Waals surface area contributed by atoms with Crippen molar-refractivity contribution < 1.29 is 9.59 Å². The zero-order valence-electron chi connectivity index (χ0n) is 17.6. The fourth-order valence-corrected chi connectivity index (χ4v) is 5.92. The van der Waals surface area contributed by atoms with Crippen molar-refractivity contribution in [3.8, 4) is 0 Å². The standard InChI is InChI=1S/C24H26ClN3O2S/c1-24(23(30)26-17-8-3-2-4-9-17)15-27-19-11-12-31-21(19)13-20(27)22(29)28(24)14-16-7-5-6-10-18(16)25/h5-7,10-13,17H,2-4,8-9,14-15H2,1H3,(H,26,30)/t24-/m0/s1. The first-order valence-corrected chi connectivity index (χ1v) is 12.2. The van der Waals surface area contributed by atoms with E-state index in [9.17, 15) is 9.59 Å². The topological polar surface area (TPSA) is 54.3 Å². The highest BCUT2D eigenvalue weighted by Crippen LogP contribution is 2.36. The van der Waals surface area contributed by atoms with Gasteiger partial charge in [0, 0.05) is 17.6 Å². The Morgan fingerprint density at radius 3 is 2.77 bits per heavy atom. The third-order valence-electron chi connectivity index (χ3n) is 6.76. The van der Waals surface area contributed by atoms with Gasteiger partial charge < -0.3 is 14.8 Å². The molecule has 31 heavy (non-hydrogen) atoms. The van der Waals surface area contributed by atoms with Crippen molar-refractivity contribution in [2.75, 3.05) is 0 Å². The van der Waals surface area contributed by atoms with E-state index in [4.69, 9.17) is 11.6 Å². The Kier molecular flexibility index (Phi) is 5.30. The number of aromatic nitrogens is 1. The van der Waals surface area contributed by atoms with Gasteiger partial charge >= 0.3 is 0 Å². The number of benzene rings is 1. The SMILES string of the molecule is C[C@@]1(C(=O)NC2CCCCC2)Cn2c(cc3sccc32)C(=O)N1Cc1ccccc1Cl. The lowest BCUT2D eigenvalue weighted by molar-refractivity contribution is -0.134. The fraction of sp³-hybridized carbons (Fsp3) is 0.417. The van der Waals surface area contributed by atoms with E-state index in [1.807, 2.05) is 53.3 Å². The Balaban J connectivity index is 1.54. The lowest BCUT2D eigenvalue weighted by Gasteiger charge is -2.45. The van der Waals surface area contributed by atoms with Crippen LogP contribution in [-0.4, -0.2) is 32.9 Å². The average Bonchev–Trinajstić information content (AvgIpc) is 3.35. The van der Waals surface area contributed by atoms with Crippen LogP contribution in [0.5, 0.6) is 0 Å². The van der Waals surface area contributed by atoms with Crippen LogP contribution in [-0.2, 0) is 17.9 Å². The Morgan fingerprint density at radius 1 is 1.23 bits per heavy atom. The Bertz CT molecular complexity index is 1150. The summed E-state index contributed by atoms with van der Waals surface area (Å²) in [5, 5.41) is 5.90. The summed E-state index contributed by atoms with van der Waals surface area (Å²) in [5.41, 5.74) is 1.49. The van der Waals surface area contributed by atoms with Crippen LogP contribution in [0.3, 0.4) is 0 Å². The molecule has 1 saturated carbocycles. The van der Waals surface area contributed by atoms with Gasteiger partial charge in [0.05, 0.1) is 16.8 Å². The van der Waals surface area contributed by atoms with Crippen LogP contribution >= 0.6 is 22.9 Å². The molecule has 0 bridgehead atoms. The van der Waals surface area contributed by atoms with Gasteiger partial charge in [-0.2, -0.15) is 0 Å². The summed E-state index contributed by atoms with van der Waals surface area (Å²) >= 11 is 8.04. The van der Waals surface area contributed by atoms with Crippen LogP contribution in [0, 0.1) is 0 Å². The van der Waals surface area contributed by atoms with E-state index in [2.05, 4.69) is 5.32 Å². The maximum Gasteiger partial charge on any atom is 0.271 e. The van der Waals surface area contributed by atoms with E-state index >= 15 is 0 Å². The first kappa shape index (κ1) is 20.6. The van der Waals surface area contributed by atoms with Gasteiger partial charge in [0.15, 0.2) is 0 Å². The smallest absolute Gasteiger partial charge is 0.271 e. The van der Waals surface area contributed by atoms with E-state index in [1.54, 1.807) is 16.2 Å². The molecule has 1 fully saturated rings. The number of rotatable bonds is 4. The van der Waals surface area contributed by atoms with Crippen molar-refractivity contribution in [2.24, 2.45) is 0 Å².